The van der Waals surface area contributed by atoms with E-state index in [0.717, 1.165) is 19.4 Å². The van der Waals surface area contributed by atoms with Crippen LogP contribution in [0.2, 0.25) is 0 Å². The molecule has 92 valence electrons. The van der Waals surface area contributed by atoms with E-state index >= 15 is 0 Å². The predicted octanol–water partition coefficient (Wildman–Crippen LogP) is 1.59. The van der Waals surface area contributed by atoms with E-state index in [9.17, 15) is 4.79 Å². The van der Waals surface area contributed by atoms with Gasteiger partial charge < -0.3 is 15.0 Å². The Morgan fingerprint density at radius 3 is 3.18 bits per heavy atom. The zero-order valence-corrected chi connectivity index (χ0v) is 10.4. The number of likely N-dealkylation sites (tertiary alicyclic amines) is 1. The zero-order valence-electron chi connectivity index (χ0n) is 9.56. The number of nitrogens with zero attached hydrogens (tertiary/aromatic N) is 1. The van der Waals surface area contributed by atoms with Crippen LogP contribution in [-0.4, -0.2) is 40.6 Å². The summed E-state index contributed by atoms with van der Waals surface area (Å²) in [6, 6.07) is 3.51. The Balaban J connectivity index is 2.15. The van der Waals surface area contributed by atoms with Crippen LogP contribution < -0.4 is 0 Å². The molecule has 1 unspecified atom stereocenters. The third-order valence-electron chi connectivity index (χ3n) is 3.11. The topological polar surface area (TPSA) is 56.3 Å². The molecule has 2 N–H and O–H groups in total. The van der Waals surface area contributed by atoms with Crippen molar-refractivity contribution in [2.24, 2.45) is 5.92 Å². The molecule has 1 amide bonds. The maximum Gasteiger partial charge on any atom is 0.256 e. The quantitative estimate of drug-likeness (QED) is 0.786. The third-order valence-corrected chi connectivity index (χ3v) is 3.45. The largest absolute Gasteiger partial charge is 0.396 e. The van der Waals surface area contributed by atoms with Gasteiger partial charge in [0.15, 0.2) is 0 Å². The lowest BCUT2D eigenvalue weighted by atomic mass is 9.98. The highest BCUT2D eigenvalue weighted by atomic mass is 32.1. The van der Waals surface area contributed by atoms with Crippen LogP contribution in [0, 0.1) is 10.6 Å². The molecular formula is C12H16N2O2S. The summed E-state index contributed by atoms with van der Waals surface area (Å²) in [4.78, 5) is 16.9. The molecule has 1 fully saturated rings. The van der Waals surface area contributed by atoms with Crippen LogP contribution in [0.1, 0.15) is 23.2 Å². The molecule has 0 radical (unpaired) electrons. The van der Waals surface area contributed by atoms with Gasteiger partial charge in [-0.1, -0.05) is 12.2 Å². The van der Waals surface area contributed by atoms with Gasteiger partial charge in [-0.2, -0.15) is 0 Å². The Kier molecular flexibility index (Phi) is 3.91. The summed E-state index contributed by atoms with van der Waals surface area (Å²) in [6.45, 7) is 1.52. The number of rotatable bonds is 2. The van der Waals surface area contributed by atoms with Crippen LogP contribution in [0.3, 0.4) is 0 Å². The van der Waals surface area contributed by atoms with Crippen molar-refractivity contribution in [2.75, 3.05) is 19.7 Å². The molecule has 0 bridgehead atoms. The lowest BCUT2D eigenvalue weighted by Gasteiger charge is -2.31. The van der Waals surface area contributed by atoms with Crippen molar-refractivity contribution < 1.29 is 9.90 Å². The Morgan fingerprint density at radius 1 is 1.65 bits per heavy atom. The van der Waals surface area contributed by atoms with E-state index in [1.807, 2.05) is 0 Å². The van der Waals surface area contributed by atoms with Crippen molar-refractivity contribution >= 4 is 18.1 Å². The highest BCUT2D eigenvalue weighted by Crippen LogP contribution is 2.18. The molecule has 0 aliphatic carbocycles. The van der Waals surface area contributed by atoms with Crippen LogP contribution in [-0.2, 0) is 0 Å². The molecule has 1 aromatic rings. The zero-order chi connectivity index (χ0) is 12.3. The normalized spacial score (nSPS) is 20.3. The fourth-order valence-corrected chi connectivity index (χ4v) is 2.38. The average Bonchev–Trinajstić information content (AvgIpc) is 2.38. The first-order valence-electron chi connectivity index (χ1n) is 5.80. The monoisotopic (exact) mass is 252 g/mol. The van der Waals surface area contributed by atoms with Gasteiger partial charge >= 0.3 is 0 Å². The van der Waals surface area contributed by atoms with Crippen LogP contribution in [0.5, 0.6) is 0 Å². The number of aliphatic hydroxyl groups is 1. The summed E-state index contributed by atoms with van der Waals surface area (Å²) in [7, 11) is 0. The van der Waals surface area contributed by atoms with E-state index < -0.39 is 0 Å². The highest BCUT2D eigenvalue weighted by Gasteiger charge is 2.24. The summed E-state index contributed by atoms with van der Waals surface area (Å²) in [5.41, 5.74) is 0.543. The van der Waals surface area contributed by atoms with Gasteiger partial charge in [-0.05, 0) is 30.9 Å². The Hall–Kier alpha value is -1.20. The summed E-state index contributed by atoms with van der Waals surface area (Å²) < 4.78 is 0.476. The molecule has 0 spiro atoms. The van der Waals surface area contributed by atoms with E-state index in [4.69, 9.17) is 17.3 Å². The van der Waals surface area contributed by atoms with Crippen molar-refractivity contribution in [1.82, 2.24) is 9.88 Å². The van der Waals surface area contributed by atoms with Gasteiger partial charge in [0.25, 0.3) is 5.91 Å². The number of piperidine rings is 1. The van der Waals surface area contributed by atoms with E-state index in [0.29, 0.717) is 16.7 Å². The number of amides is 1. The molecule has 1 aliphatic heterocycles. The summed E-state index contributed by atoms with van der Waals surface area (Å²) in [5.74, 6) is 0.166. The van der Waals surface area contributed by atoms with E-state index in [1.54, 1.807) is 23.2 Å². The van der Waals surface area contributed by atoms with Crippen molar-refractivity contribution in [3.05, 3.63) is 28.5 Å². The second-order valence-corrected chi connectivity index (χ2v) is 4.76. The maximum atomic E-state index is 12.2. The van der Waals surface area contributed by atoms with E-state index in [-0.39, 0.29) is 18.4 Å². The number of carbonyl (C=O) groups excluding carboxylic acids is 1. The smallest absolute Gasteiger partial charge is 0.256 e. The molecule has 5 heteroatoms. The summed E-state index contributed by atoms with van der Waals surface area (Å²) >= 11 is 5.10. The number of aromatic nitrogens is 1. The minimum atomic E-state index is -0.0370. The maximum absolute atomic E-state index is 12.2. The first-order chi connectivity index (χ1) is 8.22. The van der Waals surface area contributed by atoms with Gasteiger partial charge in [-0.15, -0.1) is 0 Å². The Labute approximate surface area is 105 Å². The fraction of sp³-hybridized carbons (Fsp3) is 0.500. The Morgan fingerprint density at radius 2 is 2.47 bits per heavy atom. The van der Waals surface area contributed by atoms with E-state index in [1.165, 1.54) is 0 Å². The number of aliphatic hydroxyl groups excluding tert-OH is 1. The minimum absolute atomic E-state index is 0.0370. The van der Waals surface area contributed by atoms with Gasteiger partial charge in [-0.3, -0.25) is 4.79 Å². The summed E-state index contributed by atoms with van der Waals surface area (Å²) in [6.07, 6.45) is 3.65. The van der Waals surface area contributed by atoms with Crippen LogP contribution in [0.25, 0.3) is 0 Å². The first-order valence-corrected chi connectivity index (χ1v) is 6.21. The minimum Gasteiger partial charge on any atom is -0.396 e. The van der Waals surface area contributed by atoms with Gasteiger partial charge in [0.1, 0.15) is 4.64 Å². The molecular weight excluding hydrogens is 236 g/mol. The van der Waals surface area contributed by atoms with Crippen LogP contribution in [0.4, 0.5) is 0 Å². The van der Waals surface area contributed by atoms with Gasteiger partial charge in [0, 0.05) is 25.9 Å². The number of hydrogen-bond acceptors (Lipinski definition) is 3. The standard InChI is InChI=1S/C12H16N2O2S/c15-8-9-3-2-6-14(7-9)12(16)10-4-1-5-13-11(10)17/h1,4-5,9,15H,2-3,6-8H2,(H,13,17). The lowest BCUT2D eigenvalue weighted by molar-refractivity contribution is 0.0620. The van der Waals surface area contributed by atoms with Gasteiger partial charge in [0.05, 0.1) is 5.56 Å². The van der Waals surface area contributed by atoms with Crippen molar-refractivity contribution in [1.29, 1.82) is 0 Å². The predicted molar refractivity (Wildman–Crippen MR) is 67.3 cm³/mol. The molecule has 0 aromatic carbocycles. The number of H-pyrrole nitrogens is 1. The van der Waals surface area contributed by atoms with E-state index in [2.05, 4.69) is 4.98 Å². The van der Waals surface area contributed by atoms with Crippen LogP contribution in [0.15, 0.2) is 18.3 Å². The molecule has 1 aliphatic rings. The van der Waals surface area contributed by atoms with Gasteiger partial charge in [-0.25, -0.2) is 0 Å². The summed E-state index contributed by atoms with van der Waals surface area (Å²) in [5, 5.41) is 9.15. The molecule has 17 heavy (non-hydrogen) atoms. The average molecular weight is 252 g/mol. The lowest BCUT2D eigenvalue weighted by Crippen LogP contribution is -2.41. The highest BCUT2D eigenvalue weighted by molar-refractivity contribution is 7.71. The number of carbonyl (C=O) groups is 1. The molecule has 4 nitrogen and oxygen atoms in total. The van der Waals surface area contributed by atoms with Crippen molar-refractivity contribution in [3.63, 3.8) is 0 Å². The molecule has 2 rings (SSSR count). The molecule has 1 atom stereocenters. The molecule has 1 aromatic heterocycles. The van der Waals surface area contributed by atoms with Crippen LogP contribution >= 0.6 is 12.2 Å². The third kappa shape index (κ3) is 2.73. The number of hydrogen-bond donors (Lipinski definition) is 2. The van der Waals surface area contributed by atoms with Crippen molar-refractivity contribution in [2.45, 2.75) is 12.8 Å². The second-order valence-electron chi connectivity index (χ2n) is 4.35. The number of pyridine rings is 1. The molecule has 0 saturated carbocycles. The Bertz CT molecular complexity index is 458. The fourth-order valence-electron chi connectivity index (χ4n) is 2.16. The molecule has 1 saturated heterocycles. The second kappa shape index (κ2) is 5.42. The molecule has 2 heterocycles. The van der Waals surface area contributed by atoms with Gasteiger partial charge in [0.2, 0.25) is 0 Å². The number of aromatic amines is 1. The SMILES string of the molecule is O=C(c1ccc[nH]c1=S)N1CCCC(CO)C1. The van der Waals surface area contributed by atoms with Crippen molar-refractivity contribution in [3.8, 4) is 0 Å². The number of nitrogens with one attached hydrogen (secondary N) is 1. The first kappa shape index (κ1) is 12.3.